The van der Waals surface area contributed by atoms with E-state index in [4.69, 9.17) is 0 Å². The van der Waals surface area contributed by atoms with E-state index in [9.17, 15) is 19.3 Å². The Labute approximate surface area is 120 Å². The zero-order valence-corrected chi connectivity index (χ0v) is 11.3. The molecule has 0 unspecified atom stereocenters. The van der Waals surface area contributed by atoms with Crippen LogP contribution in [0.15, 0.2) is 42.5 Å². The number of carbonyl (C=O) groups excluding carboxylic acids is 1. The molecule has 0 spiro atoms. The molecule has 5 nitrogen and oxygen atoms in total. The minimum absolute atomic E-state index is 0.153. The van der Waals surface area contributed by atoms with E-state index < -0.39 is 4.92 Å². The van der Waals surface area contributed by atoms with Crippen LogP contribution in [0.3, 0.4) is 0 Å². The first-order valence-electron chi connectivity index (χ1n) is 6.21. The average Bonchev–Trinajstić information content (AvgIpc) is 2.48. The fourth-order valence-corrected chi connectivity index (χ4v) is 2.06. The van der Waals surface area contributed by atoms with Gasteiger partial charge in [-0.2, -0.15) is 0 Å². The van der Waals surface area contributed by atoms with Crippen molar-refractivity contribution in [2.24, 2.45) is 0 Å². The topological polar surface area (TPSA) is 63.4 Å². The summed E-state index contributed by atoms with van der Waals surface area (Å²) in [6.07, 6.45) is 0.556. The average molecular weight is 288 g/mol. The van der Waals surface area contributed by atoms with Gasteiger partial charge in [0.2, 0.25) is 0 Å². The molecule has 2 aromatic carbocycles. The quantitative estimate of drug-likeness (QED) is 0.481. The van der Waals surface area contributed by atoms with Crippen LogP contribution in [0.25, 0.3) is 0 Å². The van der Waals surface area contributed by atoms with Gasteiger partial charge >= 0.3 is 0 Å². The Bertz CT molecular complexity index is 688. The number of anilines is 1. The molecule has 0 saturated carbocycles. The van der Waals surface area contributed by atoms with Crippen molar-refractivity contribution in [3.05, 3.63) is 69.5 Å². The highest BCUT2D eigenvalue weighted by Crippen LogP contribution is 2.25. The lowest BCUT2D eigenvalue weighted by Gasteiger charge is -2.21. The van der Waals surface area contributed by atoms with Gasteiger partial charge in [0.05, 0.1) is 4.92 Å². The Morgan fingerprint density at radius 2 is 2.00 bits per heavy atom. The number of carbonyl (C=O) groups is 1. The van der Waals surface area contributed by atoms with Gasteiger partial charge in [0.15, 0.2) is 6.29 Å². The van der Waals surface area contributed by atoms with Gasteiger partial charge in [0.1, 0.15) is 5.82 Å². The predicted molar refractivity (Wildman–Crippen MR) is 77.0 cm³/mol. The van der Waals surface area contributed by atoms with E-state index in [1.807, 2.05) is 0 Å². The van der Waals surface area contributed by atoms with Crippen LogP contribution in [0.1, 0.15) is 15.9 Å². The van der Waals surface area contributed by atoms with Gasteiger partial charge in [-0.05, 0) is 12.1 Å². The molecule has 0 aliphatic heterocycles. The molecule has 0 aliphatic carbocycles. The van der Waals surface area contributed by atoms with E-state index in [0.717, 1.165) is 0 Å². The van der Waals surface area contributed by atoms with E-state index in [2.05, 4.69) is 0 Å². The molecule has 0 amide bonds. The summed E-state index contributed by atoms with van der Waals surface area (Å²) >= 11 is 0. The Balaban J connectivity index is 2.31. The summed E-state index contributed by atoms with van der Waals surface area (Å²) in [7, 11) is 1.70. The van der Waals surface area contributed by atoms with Crippen molar-refractivity contribution in [1.82, 2.24) is 0 Å². The molecule has 2 rings (SSSR count). The van der Waals surface area contributed by atoms with Gasteiger partial charge in [0.25, 0.3) is 5.69 Å². The summed E-state index contributed by atoms with van der Waals surface area (Å²) in [6.45, 7) is 0.255. The largest absolute Gasteiger partial charge is 0.370 e. The Hall–Kier alpha value is -2.76. The molecule has 0 bridgehead atoms. The van der Waals surface area contributed by atoms with Crippen LogP contribution in [-0.2, 0) is 6.54 Å². The molecule has 21 heavy (non-hydrogen) atoms. The number of benzene rings is 2. The van der Waals surface area contributed by atoms with Crippen molar-refractivity contribution in [2.45, 2.75) is 6.54 Å². The summed E-state index contributed by atoms with van der Waals surface area (Å²) < 4.78 is 13.6. The standard InChI is InChI=1S/C15H13FN2O3/c1-17(9-11-4-2-3-5-14(11)16)15-7-6-13(18(20)21)8-12(15)10-19/h2-8,10H,9H2,1H3. The maximum atomic E-state index is 13.6. The summed E-state index contributed by atoms with van der Waals surface area (Å²) in [5.41, 5.74) is 1.04. The highest BCUT2D eigenvalue weighted by atomic mass is 19.1. The van der Waals surface area contributed by atoms with Crippen molar-refractivity contribution >= 4 is 17.7 Å². The summed E-state index contributed by atoms with van der Waals surface area (Å²) in [5, 5.41) is 10.7. The third-order valence-corrected chi connectivity index (χ3v) is 3.13. The minimum Gasteiger partial charge on any atom is -0.370 e. The number of nitro benzene ring substituents is 1. The molecule has 0 aliphatic rings. The summed E-state index contributed by atoms with van der Waals surface area (Å²) in [6, 6.07) is 10.4. The Kier molecular flexibility index (Phi) is 4.27. The van der Waals surface area contributed by atoms with Crippen molar-refractivity contribution in [3.8, 4) is 0 Å². The van der Waals surface area contributed by atoms with Crippen LogP contribution >= 0.6 is 0 Å². The van der Waals surface area contributed by atoms with Gasteiger partial charge in [-0.1, -0.05) is 18.2 Å². The molecule has 0 aromatic heterocycles. The van der Waals surface area contributed by atoms with Crippen LogP contribution in [0.2, 0.25) is 0 Å². The van der Waals surface area contributed by atoms with Crippen molar-refractivity contribution in [1.29, 1.82) is 0 Å². The molecule has 0 fully saturated rings. The molecule has 0 saturated heterocycles. The maximum absolute atomic E-state index is 13.6. The smallest absolute Gasteiger partial charge is 0.270 e. The van der Waals surface area contributed by atoms with Crippen LogP contribution in [-0.4, -0.2) is 18.3 Å². The first kappa shape index (κ1) is 14.6. The van der Waals surface area contributed by atoms with Gasteiger partial charge in [-0.15, -0.1) is 0 Å². The van der Waals surface area contributed by atoms with Gasteiger partial charge < -0.3 is 4.90 Å². The summed E-state index contributed by atoms with van der Waals surface area (Å²) in [5.74, 6) is -0.334. The second-order valence-electron chi connectivity index (χ2n) is 4.57. The van der Waals surface area contributed by atoms with Crippen LogP contribution in [0.5, 0.6) is 0 Å². The number of non-ortho nitro benzene ring substituents is 1. The van der Waals surface area contributed by atoms with E-state index in [0.29, 0.717) is 17.5 Å². The number of rotatable bonds is 5. The number of nitro groups is 1. The summed E-state index contributed by atoms with van der Waals surface area (Å²) in [4.78, 5) is 22.9. The lowest BCUT2D eigenvalue weighted by atomic mass is 10.1. The lowest BCUT2D eigenvalue weighted by molar-refractivity contribution is -0.384. The third-order valence-electron chi connectivity index (χ3n) is 3.13. The van der Waals surface area contributed by atoms with Gasteiger partial charge in [0, 0.05) is 42.5 Å². The fourth-order valence-electron chi connectivity index (χ4n) is 2.06. The van der Waals surface area contributed by atoms with E-state index >= 15 is 0 Å². The second kappa shape index (κ2) is 6.13. The number of nitrogens with zero attached hydrogens (tertiary/aromatic N) is 2. The van der Waals surface area contributed by atoms with Gasteiger partial charge in [-0.3, -0.25) is 14.9 Å². The highest BCUT2D eigenvalue weighted by molar-refractivity contribution is 5.85. The number of hydrogen-bond donors (Lipinski definition) is 0. The normalized spacial score (nSPS) is 10.2. The first-order chi connectivity index (χ1) is 10.0. The Morgan fingerprint density at radius 3 is 2.62 bits per heavy atom. The number of hydrogen-bond acceptors (Lipinski definition) is 4. The zero-order chi connectivity index (χ0) is 15.4. The van der Waals surface area contributed by atoms with Crippen molar-refractivity contribution in [2.75, 3.05) is 11.9 Å². The molecule has 0 N–H and O–H groups in total. The SMILES string of the molecule is CN(Cc1ccccc1F)c1ccc([N+](=O)[O-])cc1C=O. The molecular formula is C15H13FN2O3. The molecule has 0 heterocycles. The second-order valence-corrected chi connectivity index (χ2v) is 4.57. The first-order valence-corrected chi connectivity index (χ1v) is 6.21. The number of aldehydes is 1. The van der Waals surface area contributed by atoms with Gasteiger partial charge in [-0.25, -0.2) is 4.39 Å². The van der Waals surface area contributed by atoms with Crippen LogP contribution in [0.4, 0.5) is 15.8 Å². The molecule has 0 atom stereocenters. The third kappa shape index (κ3) is 3.22. The van der Waals surface area contributed by atoms with E-state index in [1.54, 1.807) is 30.1 Å². The van der Waals surface area contributed by atoms with E-state index in [1.165, 1.54) is 24.3 Å². The van der Waals surface area contributed by atoms with Crippen molar-refractivity contribution in [3.63, 3.8) is 0 Å². The Morgan fingerprint density at radius 1 is 1.29 bits per heavy atom. The monoisotopic (exact) mass is 288 g/mol. The molecule has 6 heteroatoms. The molecule has 108 valence electrons. The van der Waals surface area contributed by atoms with Crippen LogP contribution < -0.4 is 4.90 Å². The molecule has 2 aromatic rings. The van der Waals surface area contributed by atoms with Crippen molar-refractivity contribution < 1.29 is 14.1 Å². The predicted octanol–water partition coefficient (Wildman–Crippen LogP) is 3.18. The van der Waals surface area contributed by atoms with Crippen LogP contribution in [0, 0.1) is 15.9 Å². The zero-order valence-electron chi connectivity index (χ0n) is 11.3. The minimum atomic E-state index is -0.562. The maximum Gasteiger partial charge on any atom is 0.270 e. The highest BCUT2D eigenvalue weighted by Gasteiger charge is 2.14. The molecule has 0 radical (unpaired) electrons. The fraction of sp³-hybridized carbons (Fsp3) is 0.133. The molecular weight excluding hydrogens is 275 g/mol. The van der Waals surface area contributed by atoms with E-state index in [-0.39, 0.29) is 23.6 Å². The lowest BCUT2D eigenvalue weighted by Crippen LogP contribution is -2.18. The number of halogens is 1.